The molecule has 1 aromatic rings. The van der Waals surface area contributed by atoms with Crippen molar-refractivity contribution >= 4 is 0 Å². The van der Waals surface area contributed by atoms with Gasteiger partial charge in [0.2, 0.25) is 0 Å². The van der Waals surface area contributed by atoms with Gasteiger partial charge in [-0.1, -0.05) is 12.2 Å². The zero-order chi connectivity index (χ0) is 16.0. The fourth-order valence-corrected chi connectivity index (χ4v) is 2.89. The first-order valence-electron chi connectivity index (χ1n) is 6.80. The van der Waals surface area contributed by atoms with Gasteiger partial charge in [0.15, 0.2) is 0 Å². The van der Waals surface area contributed by atoms with Crippen molar-refractivity contribution in [2.45, 2.75) is 30.5 Å². The van der Waals surface area contributed by atoms with Crippen LogP contribution in [0.15, 0.2) is 36.8 Å². The molecule has 1 aliphatic carbocycles. The molecule has 7 heteroatoms. The molecule has 0 radical (unpaired) electrons. The van der Waals surface area contributed by atoms with Crippen LogP contribution >= 0.6 is 0 Å². The van der Waals surface area contributed by atoms with Crippen molar-refractivity contribution in [3.8, 4) is 0 Å². The Hall–Kier alpha value is -1.92. The predicted molar refractivity (Wildman–Crippen MR) is 69.9 cm³/mol. The quantitative estimate of drug-likeness (QED) is 0.790. The van der Waals surface area contributed by atoms with Crippen molar-refractivity contribution in [1.29, 1.82) is 0 Å². The van der Waals surface area contributed by atoms with Gasteiger partial charge in [-0.15, -0.1) is 0 Å². The predicted octanol–water partition coefficient (Wildman–Crippen LogP) is 3.71. The molecule has 2 nitrogen and oxygen atoms in total. The Morgan fingerprint density at radius 1 is 1.14 bits per heavy atom. The van der Waals surface area contributed by atoms with Crippen LogP contribution in [0.1, 0.15) is 18.4 Å². The summed E-state index contributed by atoms with van der Waals surface area (Å²) in [7, 11) is 0. The van der Waals surface area contributed by atoms with Crippen molar-refractivity contribution < 1.29 is 22.0 Å². The average Bonchev–Trinajstić information content (AvgIpc) is 3.18. The Kier molecular flexibility index (Phi) is 3.45. The second-order valence-electron chi connectivity index (χ2n) is 5.64. The fourth-order valence-electron chi connectivity index (χ4n) is 2.89. The van der Waals surface area contributed by atoms with Gasteiger partial charge in [0.1, 0.15) is 17.7 Å². The maximum absolute atomic E-state index is 13.9. The number of hydrogen-bond acceptors (Lipinski definition) is 2. The zero-order valence-corrected chi connectivity index (χ0v) is 11.4. The third-order valence-corrected chi connectivity index (χ3v) is 4.10. The van der Waals surface area contributed by atoms with Crippen LogP contribution in [0, 0.1) is 11.6 Å². The highest BCUT2D eigenvalue weighted by atomic mass is 19.4. The van der Waals surface area contributed by atoms with Gasteiger partial charge in [-0.05, 0) is 25.1 Å². The van der Waals surface area contributed by atoms with E-state index < -0.39 is 29.3 Å². The average molecular weight is 316 g/mol. The number of aromatic nitrogens is 1. The standard InChI is InChI=1S/C15H13F5N2/c16-10-7-21-8-11(17)13(10)14(4-5-14)9-22-6-2-1-3-12(22)15(18,19)20/h1-3,6-8,12H,4-5,9H2. The van der Waals surface area contributed by atoms with Gasteiger partial charge < -0.3 is 4.90 Å². The Bertz CT molecular complexity index is 611. The van der Waals surface area contributed by atoms with Gasteiger partial charge in [-0.3, -0.25) is 4.98 Å². The molecule has 1 atom stereocenters. The Morgan fingerprint density at radius 2 is 1.77 bits per heavy atom. The first kappa shape index (κ1) is 15.0. The molecular weight excluding hydrogens is 303 g/mol. The molecule has 1 unspecified atom stereocenters. The Labute approximate surface area is 123 Å². The number of nitrogens with zero attached hydrogens (tertiary/aromatic N) is 2. The van der Waals surface area contributed by atoms with Gasteiger partial charge in [0.05, 0.1) is 12.4 Å². The van der Waals surface area contributed by atoms with Crippen LogP contribution in [0.4, 0.5) is 22.0 Å². The minimum absolute atomic E-state index is 0.0874. The van der Waals surface area contributed by atoms with Crippen LogP contribution in [0.3, 0.4) is 0 Å². The molecule has 3 rings (SSSR count). The number of pyridine rings is 1. The molecule has 118 valence electrons. The normalized spacial score (nSPS) is 23.0. The summed E-state index contributed by atoms with van der Waals surface area (Å²) in [4.78, 5) is 4.51. The maximum atomic E-state index is 13.9. The van der Waals surface area contributed by atoms with Crippen molar-refractivity contribution in [2.75, 3.05) is 6.54 Å². The monoisotopic (exact) mass is 316 g/mol. The van der Waals surface area contributed by atoms with Crippen molar-refractivity contribution in [3.05, 3.63) is 54.0 Å². The SMILES string of the molecule is Fc1cncc(F)c1C1(CN2C=CC=CC2C(F)(F)F)CC1. The van der Waals surface area contributed by atoms with E-state index >= 15 is 0 Å². The van der Waals surface area contributed by atoms with E-state index in [-0.39, 0.29) is 12.1 Å². The molecule has 0 spiro atoms. The number of halogens is 5. The van der Waals surface area contributed by atoms with Crippen molar-refractivity contribution in [3.63, 3.8) is 0 Å². The highest BCUT2D eigenvalue weighted by Gasteiger charge is 2.52. The fraction of sp³-hybridized carbons (Fsp3) is 0.400. The van der Waals surface area contributed by atoms with E-state index in [9.17, 15) is 22.0 Å². The molecule has 1 aliphatic heterocycles. The first-order chi connectivity index (χ1) is 10.3. The molecule has 0 N–H and O–H groups in total. The summed E-state index contributed by atoms with van der Waals surface area (Å²) in [5.41, 5.74) is -1.08. The molecule has 0 bridgehead atoms. The van der Waals surface area contributed by atoms with E-state index in [0.717, 1.165) is 23.4 Å². The van der Waals surface area contributed by atoms with Crippen LogP contribution < -0.4 is 0 Å². The van der Waals surface area contributed by atoms with E-state index in [2.05, 4.69) is 4.98 Å². The second-order valence-corrected chi connectivity index (χ2v) is 5.64. The highest BCUT2D eigenvalue weighted by molar-refractivity contribution is 5.33. The lowest BCUT2D eigenvalue weighted by atomic mass is 9.94. The summed E-state index contributed by atoms with van der Waals surface area (Å²) in [5.74, 6) is -1.62. The third kappa shape index (κ3) is 2.60. The van der Waals surface area contributed by atoms with E-state index in [0.29, 0.717) is 12.8 Å². The topological polar surface area (TPSA) is 16.1 Å². The summed E-state index contributed by atoms with van der Waals surface area (Å²) in [6.07, 6.45) is 3.40. The molecule has 0 amide bonds. The minimum Gasteiger partial charge on any atom is -0.362 e. The van der Waals surface area contributed by atoms with Gasteiger partial charge in [-0.2, -0.15) is 13.2 Å². The van der Waals surface area contributed by atoms with E-state index in [1.54, 1.807) is 0 Å². The highest BCUT2D eigenvalue weighted by Crippen LogP contribution is 2.51. The number of alkyl halides is 3. The summed E-state index contributed by atoms with van der Waals surface area (Å²) in [6.45, 7) is -0.0874. The number of allylic oxidation sites excluding steroid dienone is 2. The lowest BCUT2D eigenvalue weighted by Gasteiger charge is -2.35. The maximum Gasteiger partial charge on any atom is 0.412 e. The molecule has 2 aliphatic rings. The van der Waals surface area contributed by atoms with Gasteiger partial charge in [-0.25, -0.2) is 8.78 Å². The van der Waals surface area contributed by atoms with Crippen molar-refractivity contribution in [2.24, 2.45) is 0 Å². The molecule has 2 heterocycles. The summed E-state index contributed by atoms with van der Waals surface area (Å²) in [6, 6.07) is -1.78. The summed E-state index contributed by atoms with van der Waals surface area (Å²) in [5, 5.41) is 0. The lowest BCUT2D eigenvalue weighted by Crippen LogP contribution is -2.45. The summed E-state index contributed by atoms with van der Waals surface area (Å²) >= 11 is 0. The van der Waals surface area contributed by atoms with Crippen LogP contribution in [0.25, 0.3) is 0 Å². The first-order valence-corrected chi connectivity index (χ1v) is 6.80. The Balaban J connectivity index is 1.89. The number of hydrogen-bond donors (Lipinski definition) is 0. The molecule has 1 fully saturated rings. The van der Waals surface area contributed by atoms with Crippen LogP contribution in [-0.4, -0.2) is 28.6 Å². The number of rotatable bonds is 3. The molecule has 0 aromatic carbocycles. The van der Waals surface area contributed by atoms with Crippen LogP contribution in [-0.2, 0) is 5.41 Å². The van der Waals surface area contributed by atoms with Crippen molar-refractivity contribution in [1.82, 2.24) is 9.88 Å². The van der Waals surface area contributed by atoms with Gasteiger partial charge in [0.25, 0.3) is 0 Å². The van der Waals surface area contributed by atoms with Crippen LogP contribution in [0.2, 0.25) is 0 Å². The van der Waals surface area contributed by atoms with Gasteiger partial charge >= 0.3 is 6.18 Å². The van der Waals surface area contributed by atoms with E-state index in [1.165, 1.54) is 18.4 Å². The van der Waals surface area contributed by atoms with E-state index in [4.69, 9.17) is 0 Å². The molecule has 0 saturated heterocycles. The molecule has 1 saturated carbocycles. The minimum atomic E-state index is -4.44. The van der Waals surface area contributed by atoms with E-state index in [1.807, 2.05) is 0 Å². The molecule has 1 aromatic heterocycles. The molecule has 22 heavy (non-hydrogen) atoms. The van der Waals surface area contributed by atoms with Crippen LogP contribution in [0.5, 0.6) is 0 Å². The lowest BCUT2D eigenvalue weighted by molar-refractivity contribution is -0.165. The smallest absolute Gasteiger partial charge is 0.362 e. The third-order valence-electron chi connectivity index (χ3n) is 4.10. The van der Waals surface area contributed by atoms with Gasteiger partial charge in [0, 0.05) is 17.5 Å². The Morgan fingerprint density at radius 3 is 2.32 bits per heavy atom. The second kappa shape index (κ2) is 5.07. The summed E-state index contributed by atoms with van der Waals surface area (Å²) < 4.78 is 67.0. The zero-order valence-electron chi connectivity index (χ0n) is 11.4. The molecular formula is C15H13F5N2. The largest absolute Gasteiger partial charge is 0.412 e.